The highest BCUT2D eigenvalue weighted by Crippen LogP contribution is 2.32. The highest BCUT2D eigenvalue weighted by atomic mass is 32.2. The van der Waals surface area contributed by atoms with Gasteiger partial charge in [-0.05, 0) is 37.5 Å². The number of piperidine rings is 1. The lowest BCUT2D eigenvalue weighted by molar-refractivity contribution is -0.138. The van der Waals surface area contributed by atoms with Crippen LogP contribution in [0.25, 0.3) is 11.5 Å². The summed E-state index contributed by atoms with van der Waals surface area (Å²) in [6.07, 6.45) is 2.36. The van der Waals surface area contributed by atoms with Crippen molar-refractivity contribution in [2.45, 2.75) is 30.5 Å². The number of nitrogens with zero attached hydrogens (tertiary/aromatic N) is 3. The number of hydrogen-bond acceptors (Lipinski definition) is 8. The fraction of sp³-hybridized carbons (Fsp3) is 0.444. The van der Waals surface area contributed by atoms with Crippen LogP contribution < -0.4 is 15.2 Å². The number of benzene rings is 1. The molecule has 0 saturated carbocycles. The van der Waals surface area contributed by atoms with Crippen LogP contribution >= 0.6 is 11.8 Å². The molecule has 1 aliphatic heterocycles. The van der Waals surface area contributed by atoms with E-state index in [-0.39, 0.29) is 16.9 Å². The number of primary amides is 1. The standard InChI is InChI=1S/C18H22N4O5S/c1-25-13-7-6-11(9-14(13)26-2)17-20-21-18(27-17)28-10-15(23)22-8-4-3-5-12(22)16(19)24/h6-7,9,12H,3-5,8,10H2,1-2H3,(H2,19,24)/t12-/m1/s1. The Labute approximate surface area is 166 Å². The van der Waals surface area contributed by atoms with Crippen molar-refractivity contribution in [2.75, 3.05) is 26.5 Å². The molecule has 2 aromatic rings. The molecule has 28 heavy (non-hydrogen) atoms. The van der Waals surface area contributed by atoms with Gasteiger partial charge in [0.15, 0.2) is 11.5 Å². The molecule has 0 bridgehead atoms. The Morgan fingerprint density at radius 2 is 2.04 bits per heavy atom. The molecule has 0 unspecified atom stereocenters. The minimum absolute atomic E-state index is 0.0946. The van der Waals surface area contributed by atoms with Crippen LogP contribution in [0.3, 0.4) is 0 Å². The highest BCUT2D eigenvalue weighted by Gasteiger charge is 2.30. The van der Waals surface area contributed by atoms with E-state index in [0.29, 0.717) is 35.9 Å². The van der Waals surface area contributed by atoms with E-state index in [0.717, 1.165) is 24.6 Å². The maximum atomic E-state index is 12.5. The topological polar surface area (TPSA) is 121 Å². The van der Waals surface area contributed by atoms with Crippen LogP contribution in [0.1, 0.15) is 19.3 Å². The second kappa shape index (κ2) is 8.96. The van der Waals surface area contributed by atoms with Gasteiger partial charge in [0.1, 0.15) is 6.04 Å². The maximum Gasteiger partial charge on any atom is 0.277 e. The molecule has 1 aromatic carbocycles. The van der Waals surface area contributed by atoms with Crippen molar-refractivity contribution in [1.82, 2.24) is 15.1 Å². The summed E-state index contributed by atoms with van der Waals surface area (Å²) in [5.41, 5.74) is 6.09. The van der Waals surface area contributed by atoms with Gasteiger partial charge in [0.2, 0.25) is 17.7 Å². The van der Waals surface area contributed by atoms with Gasteiger partial charge in [0.25, 0.3) is 5.22 Å². The molecule has 1 aliphatic rings. The number of methoxy groups -OCH3 is 2. The van der Waals surface area contributed by atoms with E-state index in [1.54, 1.807) is 37.3 Å². The molecule has 150 valence electrons. The number of ether oxygens (including phenoxy) is 2. The fourth-order valence-corrected chi connectivity index (χ4v) is 3.74. The maximum absolute atomic E-state index is 12.5. The number of amides is 2. The molecule has 2 amide bonds. The van der Waals surface area contributed by atoms with Crippen molar-refractivity contribution in [3.8, 4) is 23.0 Å². The van der Waals surface area contributed by atoms with Crippen molar-refractivity contribution in [3.05, 3.63) is 18.2 Å². The lowest BCUT2D eigenvalue weighted by Gasteiger charge is -2.33. The number of likely N-dealkylation sites (tertiary alicyclic amines) is 1. The summed E-state index contributed by atoms with van der Waals surface area (Å²) in [5.74, 6) is 0.911. The van der Waals surface area contributed by atoms with Gasteiger partial charge in [-0.3, -0.25) is 9.59 Å². The van der Waals surface area contributed by atoms with E-state index >= 15 is 0 Å². The summed E-state index contributed by atoms with van der Waals surface area (Å²) < 4.78 is 16.1. The van der Waals surface area contributed by atoms with Crippen LogP contribution in [0.4, 0.5) is 0 Å². The Balaban J connectivity index is 1.65. The molecule has 0 spiro atoms. The van der Waals surface area contributed by atoms with E-state index in [2.05, 4.69) is 10.2 Å². The lowest BCUT2D eigenvalue weighted by Crippen LogP contribution is -2.51. The Bertz CT molecular complexity index is 856. The Morgan fingerprint density at radius 3 is 2.75 bits per heavy atom. The molecule has 0 aliphatic carbocycles. The van der Waals surface area contributed by atoms with E-state index in [4.69, 9.17) is 19.6 Å². The first-order valence-electron chi connectivity index (χ1n) is 8.81. The molecule has 1 saturated heterocycles. The van der Waals surface area contributed by atoms with Crippen molar-refractivity contribution in [3.63, 3.8) is 0 Å². The van der Waals surface area contributed by atoms with Gasteiger partial charge in [0, 0.05) is 12.1 Å². The minimum Gasteiger partial charge on any atom is -0.493 e. The Morgan fingerprint density at radius 1 is 1.25 bits per heavy atom. The SMILES string of the molecule is COc1ccc(-c2nnc(SCC(=O)N3CCCC[C@@H]3C(N)=O)o2)cc1OC. The third-order valence-corrected chi connectivity index (χ3v) is 5.31. The summed E-state index contributed by atoms with van der Waals surface area (Å²) in [6.45, 7) is 0.535. The van der Waals surface area contributed by atoms with Crippen molar-refractivity contribution in [1.29, 1.82) is 0 Å². The zero-order chi connectivity index (χ0) is 20.1. The van der Waals surface area contributed by atoms with E-state index in [9.17, 15) is 9.59 Å². The first kappa shape index (κ1) is 20.0. The van der Waals surface area contributed by atoms with Gasteiger partial charge in [-0.15, -0.1) is 10.2 Å². The Hall–Kier alpha value is -2.75. The zero-order valence-corrected chi connectivity index (χ0v) is 16.5. The molecule has 9 nitrogen and oxygen atoms in total. The van der Waals surface area contributed by atoms with Crippen molar-refractivity contribution in [2.24, 2.45) is 5.73 Å². The summed E-state index contributed by atoms with van der Waals surface area (Å²) in [4.78, 5) is 25.6. The van der Waals surface area contributed by atoms with Crippen molar-refractivity contribution < 1.29 is 23.5 Å². The summed E-state index contributed by atoms with van der Waals surface area (Å²) in [6, 6.07) is 4.72. The van der Waals surface area contributed by atoms with Crippen LogP contribution in [-0.2, 0) is 9.59 Å². The van der Waals surface area contributed by atoms with Crippen LogP contribution in [0.2, 0.25) is 0 Å². The molecule has 2 heterocycles. The second-order valence-electron chi connectivity index (χ2n) is 6.23. The van der Waals surface area contributed by atoms with E-state index < -0.39 is 11.9 Å². The smallest absolute Gasteiger partial charge is 0.277 e. The first-order valence-corrected chi connectivity index (χ1v) is 9.79. The molecule has 0 radical (unpaired) electrons. The van der Waals surface area contributed by atoms with Crippen LogP contribution in [0.5, 0.6) is 11.5 Å². The van der Waals surface area contributed by atoms with E-state index in [1.165, 1.54) is 0 Å². The highest BCUT2D eigenvalue weighted by molar-refractivity contribution is 7.99. The summed E-state index contributed by atoms with van der Waals surface area (Å²) >= 11 is 1.13. The number of carbonyl (C=O) groups excluding carboxylic acids is 2. The Kier molecular flexibility index (Phi) is 6.40. The molecular weight excluding hydrogens is 384 g/mol. The van der Waals surface area contributed by atoms with Gasteiger partial charge in [-0.25, -0.2) is 0 Å². The molecule has 3 rings (SSSR count). The molecule has 1 fully saturated rings. The quantitative estimate of drug-likeness (QED) is 0.690. The average Bonchev–Trinajstić information content (AvgIpc) is 3.20. The average molecular weight is 406 g/mol. The van der Waals surface area contributed by atoms with E-state index in [1.807, 2.05) is 0 Å². The number of rotatable bonds is 7. The van der Waals surface area contributed by atoms with Crippen molar-refractivity contribution >= 4 is 23.6 Å². The predicted octanol–water partition coefficient (Wildman–Crippen LogP) is 1.71. The van der Waals surface area contributed by atoms with Gasteiger partial charge in [-0.1, -0.05) is 11.8 Å². The molecule has 1 atom stereocenters. The predicted molar refractivity (Wildman–Crippen MR) is 102 cm³/mol. The summed E-state index contributed by atoms with van der Waals surface area (Å²) in [7, 11) is 3.10. The third kappa shape index (κ3) is 4.38. The summed E-state index contributed by atoms with van der Waals surface area (Å²) in [5, 5.41) is 8.26. The molecule has 10 heteroatoms. The first-order chi connectivity index (χ1) is 13.5. The number of aromatic nitrogens is 2. The number of nitrogens with two attached hydrogens (primary N) is 1. The molecule has 2 N–H and O–H groups in total. The van der Waals surface area contributed by atoms with Crippen LogP contribution in [0, 0.1) is 0 Å². The fourth-order valence-electron chi connectivity index (χ4n) is 3.09. The zero-order valence-electron chi connectivity index (χ0n) is 15.7. The van der Waals surface area contributed by atoms with Gasteiger partial charge < -0.3 is 24.5 Å². The monoisotopic (exact) mass is 406 g/mol. The van der Waals surface area contributed by atoms with Gasteiger partial charge >= 0.3 is 0 Å². The number of thioether (sulfide) groups is 1. The minimum atomic E-state index is -0.535. The normalized spacial score (nSPS) is 16.6. The molecule has 1 aromatic heterocycles. The lowest BCUT2D eigenvalue weighted by atomic mass is 10.0. The van der Waals surface area contributed by atoms with Crippen LogP contribution in [-0.4, -0.2) is 59.5 Å². The third-order valence-electron chi connectivity index (χ3n) is 4.51. The molecular formula is C18H22N4O5S. The number of carbonyl (C=O) groups is 2. The van der Waals surface area contributed by atoms with Crippen LogP contribution in [0.15, 0.2) is 27.8 Å². The second-order valence-corrected chi connectivity index (χ2v) is 7.16. The largest absolute Gasteiger partial charge is 0.493 e. The number of hydrogen-bond donors (Lipinski definition) is 1. The van der Waals surface area contributed by atoms with Gasteiger partial charge in [-0.2, -0.15) is 0 Å². The van der Waals surface area contributed by atoms with Gasteiger partial charge in [0.05, 0.1) is 20.0 Å².